The summed E-state index contributed by atoms with van der Waals surface area (Å²) in [7, 11) is 0. The van der Waals surface area contributed by atoms with Crippen LogP contribution < -0.4 is 5.32 Å². The van der Waals surface area contributed by atoms with Gasteiger partial charge in [-0.05, 0) is 17.0 Å². The van der Waals surface area contributed by atoms with Crippen molar-refractivity contribution < 1.29 is 19.2 Å². The SMILES string of the molecule is O=C(CN1C(=O)N[C@@H](Cc2ccccc2)C1=O)N1CCN(C(=O)c2cccs2)CC1. The van der Waals surface area contributed by atoms with Crippen LogP contribution in [0.5, 0.6) is 0 Å². The molecular formula is C21H22N4O4S. The highest BCUT2D eigenvalue weighted by molar-refractivity contribution is 7.12. The molecule has 2 aliphatic rings. The van der Waals surface area contributed by atoms with Crippen LogP contribution in [0.25, 0.3) is 0 Å². The maximum Gasteiger partial charge on any atom is 0.325 e. The molecule has 1 aromatic carbocycles. The first-order valence-electron chi connectivity index (χ1n) is 9.79. The fraction of sp³-hybridized carbons (Fsp3) is 0.333. The van der Waals surface area contributed by atoms with E-state index in [1.165, 1.54) is 11.3 Å². The molecule has 0 radical (unpaired) electrons. The van der Waals surface area contributed by atoms with Crippen LogP contribution in [0.4, 0.5) is 4.79 Å². The lowest BCUT2D eigenvalue weighted by molar-refractivity contribution is -0.138. The zero-order valence-electron chi connectivity index (χ0n) is 16.3. The zero-order chi connectivity index (χ0) is 21.1. The third-order valence-electron chi connectivity index (χ3n) is 5.33. The third-order valence-corrected chi connectivity index (χ3v) is 6.19. The number of carbonyl (C=O) groups is 4. The van der Waals surface area contributed by atoms with Gasteiger partial charge in [0.05, 0.1) is 4.88 Å². The quantitative estimate of drug-likeness (QED) is 0.728. The normalized spacial score (nSPS) is 19.2. The molecule has 0 unspecified atom stereocenters. The molecule has 8 nitrogen and oxygen atoms in total. The van der Waals surface area contributed by atoms with E-state index in [9.17, 15) is 19.2 Å². The van der Waals surface area contributed by atoms with Crippen molar-refractivity contribution in [3.05, 3.63) is 58.3 Å². The minimum absolute atomic E-state index is 0.0325. The Morgan fingerprint density at radius 3 is 2.33 bits per heavy atom. The van der Waals surface area contributed by atoms with Crippen molar-refractivity contribution in [2.75, 3.05) is 32.7 Å². The number of amides is 5. The molecule has 2 fully saturated rings. The number of hydrogen-bond acceptors (Lipinski definition) is 5. The summed E-state index contributed by atoms with van der Waals surface area (Å²) >= 11 is 1.39. The van der Waals surface area contributed by atoms with Crippen LogP contribution in [-0.4, -0.2) is 77.2 Å². The highest BCUT2D eigenvalue weighted by Crippen LogP contribution is 2.15. The summed E-state index contributed by atoms with van der Waals surface area (Å²) in [6, 6.07) is 11.8. The lowest BCUT2D eigenvalue weighted by Crippen LogP contribution is -2.53. The van der Waals surface area contributed by atoms with Crippen molar-refractivity contribution in [1.82, 2.24) is 20.0 Å². The molecule has 1 atom stereocenters. The van der Waals surface area contributed by atoms with E-state index < -0.39 is 12.1 Å². The van der Waals surface area contributed by atoms with Crippen LogP contribution in [0.3, 0.4) is 0 Å². The lowest BCUT2D eigenvalue weighted by atomic mass is 10.1. The molecule has 9 heteroatoms. The van der Waals surface area contributed by atoms with Gasteiger partial charge in [-0.3, -0.25) is 19.3 Å². The van der Waals surface area contributed by atoms with Crippen LogP contribution in [-0.2, 0) is 16.0 Å². The molecule has 4 rings (SSSR count). The molecule has 3 heterocycles. The molecule has 5 amide bonds. The molecule has 30 heavy (non-hydrogen) atoms. The number of thiophene rings is 1. The molecule has 0 aliphatic carbocycles. The second kappa shape index (κ2) is 8.66. The number of imide groups is 1. The predicted octanol–water partition coefficient (Wildman–Crippen LogP) is 1.20. The highest BCUT2D eigenvalue weighted by Gasteiger charge is 2.39. The Labute approximate surface area is 178 Å². The van der Waals surface area contributed by atoms with Gasteiger partial charge in [0.2, 0.25) is 5.91 Å². The standard InChI is InChI=1S/C21H22N4O4S/c26-18(23-8-10-24(11-9-23)20(28)17-7-4-12-30-17)14-25-19(27)16(22-21(25)29)13-15-5-2-1-3-6-15/h1-7,12,16H,8-11,13-14H2,(H,22,29)/t16-/m0/s1. The van der Waals surface area contributed by atoms with Gasteiger partial charge >= 0.3 is 6.03 Å². The zero-order valence-corrected chi connectivity index (χ0v) is 17.1. The Bertz CT molecular complexity index is 939. The summed E-state index contributed by atoms with van der Waals surface area (Å²) in [6.45, 7) is 1.34. The first-order chi connectivity index (χ1) is 14.5. The fourth-order valence-electron chi connectivity index (χ4n) is 3.67. The minimum atomic E-state index is -0.659. The number of benzene rings is 1. The lowest BCUT2D eigenvalue weighted by Gasteiger charge is -2.35. The molecule has 2 aliphatic heterocycles. The third kappa shape index (κ3) is 4.20. The number of nitrogens with one attached hydrogen (secondary N) is 1. The number of piperazine rings is 1. The number of rotatable bonds is 5. The first-order valence-corrected chi connectivity index (χ1v) is 10.7. The van der Waals surface area contributed by atoms with Crippen LogP contribution in [0.1, 0.15) is 15.2 Å². The number of urea groups is 1. The number of carbonyl (C=O) groups excluding carboxylic acids is 4. The molecular weight excluding hydrogens is 404 g/mol. The van der Waals surface area contributed by atoms with E-state index in [0.717, 1.165) is 10.5 Å². The van der Waals surface area contributed by atoms with E-state index in [1.54, 1.807) is 15.9 Å². The van der Waals surface area contributed by atoms with Crippen molar-refractivity contribution in [2.45, 2.75) is 12.5 Å². The van der Waals surface area contributed by atoms with Gasteiger partial charge in [-0.25, -0.2) is 4.79 Å². The minimum Gasteiger partial charge on any atom is -0.338 e. The van der Waals surface area contributed by atoms with Crippen LogP contribution in [0.2, 0.25) is 0 Å². The van der Waals surface area contributed by atoms with Crippen LogP contribution in [0.15, 0.2) is 47.8 Å². The monoisotopic (exact) mass is 426 g/mol. The molecule has 0 spiro atoms. The van der Waals surface area contributed by atoms with Crippen molar-refractivity contribution in [2.24, 2.45) is 0 Å². The van der Waals surface area contributed by atoms with Gasteiger partial charge in [0.25, 0.3) is 11.8 Å². The van der Waals surface area contributed by atoms with E-state index in [0.29, 0.717) is 37.5 Å². The van der Waals surface area contributed by atoms with Gasteiger partial charge < -0.3 is 15.1 Å². The maximum atomic E-state index is 12.7. The fourth-order valence-corrected chi connectivity index (χ4v) is 4.36. The molecule has 2 saturated heterocycles. The highest BCUT2D eigenvalue weighted by atomic mass is 32.1. The van der Waals surface area contributed by atoms with Crippen molar-refractivity contribution >= 4 is 35.1 Å². The smallest absolute Gasteiger partial charge is 0.325 e. The van der Waals surface area contributed by atoms with Gasteiger partial charge in [-0.15, -0.1) is 11.3 Å². The first kappa shape index (κ1) is 20.1. The number of nitrogens with zero attached hydrogens (tertiary/aromatic N) is 3. The average molecular weight is 426 g/mol. The molecule has 2 aromatic rings. The largest absolute Gasteiger partial charge is 0.338 e. The van der Waals surface area contributed by atoms with E-state index in [-0.39, 0.29) is 24.3 Å². The molecule has 1 aromatic heterocycles. The van der Waals surface area contributed by atoms with Crippen LogP contribution in [0, 0.1) is 0 Å². The van der Waals surface area contributed by atoms with Gasteiger partial charge in [0.1, 0.15) is 12.6 Å². The second-order valence-electron chi connectivity index (χ2n) is 7.27. The Morgan fingerprint density at radius 2 is 1.67 bits per heavy atom. The van der Waals surface area contributed by atoms with Crippen molar-refractivity contribution in [3.8, 4) is 0 Å². The van der Waals surface area contributed by atoms with E-state index >= 15 is 0 Å². The van der Waals surface area contributed by atoms with Crippen molar-refractivity contribution in [1.29, 1.82) is 0 Å². The summed E-state index contributed by atoms with van der Waals surface area (Å²) in [6.07, 6.45) is 0.389. The second-order valence-corrected chi connectivity index (χ2v) is 8.21. The Balaban J connectivity index is 1.30. The maximum absolute atomic E-state index is 12.7. The molecule has 1 N–H and O–H groups in total. The van der Waals surface area contributed by atoms with Crippen molar-refractivity contribution in [3.63, 3.8) is 0 Å². The molecule has 0 saturated carbocycles. The summed E-state index contributed by atoms with van der Waals surface area (Å²) in [5, 5.41) is 4.52. The Hall–Kier alpha value is -3.20. The molecule has 0 bridgehead atoms. The summed E-state index contributed by atoms with van der Waals surface area (Å²) < 4.78 is 0. The summed E-state index contributed by atoms with van der Waals surface area (Å²) in [4.78, 5) is 54.9. The van der Waals surface area contributed by atoms with E-state index in [1.807, 2.05) is 41.8 Å². The van der Waals surface area contributed by atoms with Crippen LogP contribution >= 0.6 is 11.3 Å². The van der Waals surface area contributed by atoms with E-state index in [4.69, 9.17) is 0 Å². The summed E-state index contributed by atoms with van der Waals surface area (Å²) in [5.41, 5.74) is 0.941. The van der Waals surface area contributed by atoms with Gasteiger partial charge in [-0.2, -0.15) is 0 Å². The topological polar surface area (TPSA) is 90.0 Å². The average Bonchev–Trinajstić information content (AvgIpc) is 3.39. The Kier molecular flexibility index (Phi) is 5.80. The number of hydrogen-bond donors (Lipinski definition) is 1. The summed E-state index contributed by atoms with van der Waals surface area (Å²) in [5.74, 6) is -0.708. The van der Waals surface area contributed by atoms with Gasteiger partial charge in [0, 0.05) is 32.6 Å². The predicted molar refractivity (Wildman–Crippen MR) is 111 cm³/mol. The van der Waals surface area contributed by atoms with E-state index in [2.05, 4.69) is 5.32 Å². The van der Waals surface area contributed by atoms with Gasteiger partial charge in [-0.1, -0.05) is 36.4 Å². The Morgan fingerprint density at radius 1 is 0.967 bits per heavy atom. The molecule has 156 valence electrons. The van der Waals surface area contributed by atoms with Gasteiger partial charge in [0.15, 0.2) is 0 Å².